The Morgan fingerprint density at radius 1 is 1.21 bits per heavy atom. The van der Waals surface area contributed by atoms with Gasteiger partial charge in [-0.25, -0.2) is 12.7 Å². The molecule has 24 heavy (non-hydrogen) atoms. The van der Waals surface area contributed by atoms with Crippen molar-refractivity contribution in [1.82, 2.24) is 9.46 Å². The Balaban J connectivity index is 1.94. The zero-order valence-electron chi connectivity index (χ0n) is 14.8. The number of aromatic nitrogens is 1. The van der Waals surface area contributed by atoms with Gasteiger partial charge in [-0.3, -0.25) is 0 Å². The van der Waals surface area contributed by atoms with Gasteiger partial charge in [0.2, 0.25) is 10.0 Å². The molecule has 7 heteroatoms. The molecular formula is C17H24N2O4S. The molecule has 6 nitrogen and oxygen atoms in total. The smallest absolute Gasteiger partial charge is 0.248 e. The summed E-state index contributed by atoms with van der Waals surface area (Å²) in [6, 6.07) is 6.03. The van der Waals surface area contributed by atoms with Gasteiger partial charge in [0.25, 0.3) is 0 Å². The first-order valence-corrected chi connectivity index (χ1v) is 9.26. The van der Waals surface area contributed by atoms with E-state index in [2.05, 4.69) is 5.16 Å². The third-order valence-corrected chi connectivity index (χ3v) is 5.96. The molecule has 0 saturated heterocycles. The largest absolute Gasteiger partial charge is 0.493 e. The van der Waals surface area contributed by atoms with Gasteiger partial charge in [0, 0.05) is 13.6 Å². The first-order chi connectivity index (χ1) is 11.2. The topological polar surface area (TPSA) is 72.6 Å². The molecule has 0 spiro atoms. The minimum Gasteiger partial charge on any atom is -0.493 e. The summed E-state index contributed by atoms with van der Waals surface area (Å²) < 4.78 is 37.2. The van der Waals surface area contributed by atoms with E-state index in [0.29, 0.717) is 31.0 Å². The Morgan fingerprint density at radius 3 is 2.54 bits per heavy atom. The Labute approximate surface area is 143 Å². The fourth-order valence-corrected chi connectivity index (χ4v) is 3.94. The van der Waals surface area contributed by atoms with E-state index < -0.39 is 10.0 Å². The molecule has 1 aromatic carbocycles. The Morgan fingerprint density at radius 2 is 1.92 bits per heavy atom. The SMILES string of the molecule is Cc1ccc(C)c(OCCCN(C)S(=O)(=O)c2c(C)noc2C)c1. The monoisotopic (exact) mass is 352 g/mol. The summed E-state index contributed by atoms with van der Waals surface area (Å²) in [4.78, 5) is 0.153. The zero-order chi connectivity index (χ0) is 17.9. The van der Waals surface area contributed by atoms with Crippen molar-refractivity contribution in [3.8, 4) is 5.75 Å². The fourth-order valence-electron chi connectivity index (χ4n) is 2.45. The van der Waals surface area contributed by atoms with Crippen LogP contribution in [0.3, 0.4) is 0 Å². The van der Waals surface area contributed by atoms with Gasteiger partial charge in [-0.2, -0.15) is 0 Å². The van der Waals surface area contributed by atoms with Crippen molar-refractivity contribution in [3.63, 3.8) is 0 Å². The maximum atomic E-state index is 12.6. The van der Waals surface area contributed by atoms with E-state index in [9.17, 15) is 8.42 Å². The molecule has 0 aliphatic rings. The summed E-state index contributed by atoms with van der Waals surface area (Å²) in [7, 11) is -2.04. The van der Waals surface area contributed by atoms with Crippen molar-refractivity contribution in [2.45, 2.75) is 39.0 Å². The summed E-state index contributed by atoms with van der Waals surface area (Å²) in [6.45, 7) is 8.04. The van der Waals surface area contributed by atoms with E-state index in [4.69, 9.17) is 9.26 Å². The van der Waals surface area contributed by atoms with Crippen LogP contribution in [0.15, 0.2) is 27.6 Å². The Kier molecular flexibility index (Phi) is 5.66. The highest BCUT2D eigenvalue weighted by molar-refractivity contribution is 7.89. The van der Waals surface area contributed by atoms with Crippen LogP contribution in [0.4, 0.5) is 0 Å². The number of hydrogen-bond acceptors (Lipinski definition) is 5. The van der Waals surface area contributed by atoms with E-state index >= 15 is 0 Å². The minimum absolute atomic E-state index is 0.153. The number of ether oxygens (including phenoxy) is 1. The second-order valence-electron chi connectivity index (χ2n) is 5.95. The lowest BCUT2D eigenvalue weighted by atomic mass is 10.1. The minimum atomic E-state index is -3.60. The van der Waals surface area contributed by atoms with Crippen LogP contribution in [0.2, 0.25) is 0 Å². The van der Waals surface area contributed by atoms with Crippen LogP contribution < -0.4 is 4.74 Å². The first-order valence-electron chi connectivity index (χ1n) is 7.82. The van der Waals surface area contributed by atoms with Gasteiger partial charge in [0.1, 0.15) is 16.3 Å². The first kappa shape index (κ1) is 18.5. The maximum absolute atomic E-state index is 12.6. The van der Waals surface area contributed by atoms with Crippen LogP contribution in [-0.4, -0.2) is 38.1 Å². The van der Waals surface area contributed by atoms with Gasteiger partial charge >= 0.3 is 0 Å². The second kappa shape index (κ2) is 7.36. The molecule has 0 fully saturated rings. The molecule has 0 N–H and O–H groups in total. The molecule has 0 saturated carbocycles. The predicted octanol–water partition coefficient (Wildman–Crippen LogP) is 3.00. The molecule has 0 unspecified atom stereocenters. The van der Waals surface area contributed by atoms with Crippen LogP contribution >= 0.6 is 0 Å². The third-order valence-electron chi connectivity index (χ3n) is 3.85. The van der Waals surface area contributed by atoms with E-state index in [0.717, 1.165) is 16.9 Å². The zero-order valence-corrected chi connectivity index (χ0v) is 15.6. The summed E-state index contributed by atoms with van der Waals surface area (Å²) in [5, 5.41) is 3.71. The second-order valence-corrected chi connectivity index (χ2v) is 7.93. The normalized spacial score (nSPS) is 11.9. The van der Waals surface area contributed by atoms with Crippen molar-refractivity contribution in [2.24, 2.45) is 0 Å². The van der Waals surface area contributed by atoms with Gasteiger partial charge in [0.05, 0.1) is 6.61 Å². The van der Waals surface area contributed by atoms with Gasteiger partial charge < -0.3 is 9.26 Å². The van der Waals surface area contributed by atoms with Crippen LogP contribution in [0.25, 0.3) is 0 Å². The number of benzene rings is 1. The quantitative estimate of drug-likeness (QED) is 0.716. The van der Waals surface area contributed by atoms with E-state index in [-0.39, 0.29) is 4.90 Å². The number of aryl methyl sites for hydroxylation is 4. The highest BCUT2D eigenvalue weighted by Gasteiger charge is 2.28. The lowest BCUT2D eigenvalue weighted by molar-refractivity contribution is 0.294. The molecule has 1 heterocycles. The molecule has 132 valence electrons. The molecule has 0 aliphatic heterocycles. The third kappa shape index (κ3) is 3.96. The van der Waals surface area contributed by atoms with E-state index in [1.165, 1.54) is 4.31 Å². The van der Waals surface area contributed by atoms with Gasteiger partial charge in [-0.05, 0) is 51.3 Å². The van der Waals surface area contributed by atoms with Crippen molar-refractivity contribution in [3.05, 3.63) is 40.8 Å². The number of rotatable bonds is 7. The van der Waals surface area contributed by atoms with Crippen molar-refractivity contribution in [1.29, 1.82) is 0 Å². The van der Waals surface area contributed by atoms with Crippen molar-refractivity contribution in [2.75, 3.05) is 20.2 Å². The maximum Gasteiger partial charge on any atom is 0.248 e. The lowest BCUT2D eigenvalue weighted by Crippen LogP contribution is -2.29. The van der Waals surface area contributed by atoms with Crippen molar-refractivity contribution >= 4 is 10.0 Å². The molecule has 0 amide bonds. The standard InChI is InChI=1S/C17H24N2O4S/c1-12-7-8-13(2)16(11-12)22-10-6-9-19(5)24(20,21)17-14(3)18-23-15(17)4/h7-8,11H,6,9-10H2,1-5H3. The number of nitrogens with zero attached hydrogens (tertiary/aromatic N) is 2. The van der Waals surface area contributed by atoms with Crippen LogP contribution in [0.5, 0.6) is 5.75 Å². The number of sulfonamides is 1. The predicted molar refractivity (Wildman–Crippen MR) is 91.8 cm³/mol. The highest BCUT2D eigenvalue weighted by Crippen LogP contribution is 2.23. The average molecular weight is 352 g/mol. The molecule has 0 aliphatic carbocycles. The molecule has 1 aromatic heterocycles. The van der Waals surface area contributed by atoms with Gasteiger partial charge in [-0.15, -0.1) is 0 Å². The average Bonchev–Trinajstić information content (AvgIpc) is 2.86. The summed E-state index contributed by atoms with van der Waals surface area (Å²) in [5.74, 6) is 1.15. The van der Waals surface area contributed by atoms with Crippen molar-refractivity contribution < 1.29 is 17.7 Å². The van der Waals surface area contributed by atoms with Crippen LogP contribution in [0, 0.1) is 27.7 Å². The highest BCUT2D eigenvalue weighted by atomic mass is 32.2. The molecular weight excluding hydrogens is 328 g/mol. The van der Waals surface area contributed by atoms with Crippen LogP contribution in [-0.2, 0) is 10.0 Å². The molecule has 2 rings (SSSR count). The summed E-state index contributed by atoms with van der Waals surface area (Å²) in [5.41, 5.74) is 2.58. The van der Waals surface area contributed by atoms with E-state index in [1.807, 2.05) is 32.0 Å². The molecule has 0 bridgehead atoms. The van der Waals surface area contributed by atoms with Gasteiger partial charge in [-0.1, -0.05) is 17.3 Å². The Bertz CT molecular complexity index is 792. The van der Waals surface area contributed by atoms with Gasteiger partial charge in [0.15, 0.2) is 5.76 Å². The van der Waals surface area contributed by atoms with Crippen LogP contribution in [0.1, 0.15) is 29.0 Å². The molecule has 0 radical (unpaired) electrons. The fraction of sp³-hybridized carbons (Fsp3) is 0.471. The molecule has 0 atom stereocenters. The summed E-state index contributed by atoms with van der Waals surface area (Å²) in [6.07, 6.45) is 0.590. The summed E-state index contributed by atoms with van der Waals surface area (Å²) >= 11 is 0. The lowest BCUT2D eigenvalue weighted by Gasteiger charge is -2.17. The number of hydrogen-bond donors (Lipinski definition) is 0. The Hall–Kier alpha value is -1.86. The molecule has 2 aromatic rings. The van der Waals surface area contributed by atoms with E-state index in [1.54, 1.807) is 20.9 Å².